The fourth-order valence-corrected chi connectivity index (χ4v) is 16.7. The van der Waals surface area contributed by atoms with E-state index in [9.17, 15) is 81.4 Å². The van der Waals surface area contributed by atoms with E-state index in [1.165, 1.54) is 6.92 Å². The van der Waals surface area contributed by atoms with Crippen molar-refractivity contribution in [2.45, 2.75) is 241 Å². The van der Waals surface area contributed by atoms with E-state index in [0.29, 0.717) is 38.5 Å². The van der Waals surface area contributed by atoms with Gasteiger partial charge in [0.15, 0.2) is 25.2 Å². The molecule has 8 fully saturated rings. The minimum Gasteiger partial charge on any atom is -0.465 e. The summed E-state index contributed by atoms with van der Waals surface area (Å²) in [5, 5.41) is 166. The highest BCUT2D eigenvalue weighted by Crippen LogP contribution is 2.76. The minimum absolute atomic E-state index is 0.0426. The van der Waals surface area contributed by atoms with Crippen molar-refractivity contribution < 1.29 is 124 Å². The molecule has 9 aliphatic rings. The van der Waals surface area contributed by atoms with Crippen molar-refractivity contribution in [2.75, 3.05) is 33.0 Å². The molecule has 460 valence electrons. The second-order valence-electron chi connectivity index (χ2n) is 26.7. The standard InChI is InChI=1S/C55H90O25/c1-22(58)74-21-55-24(15-50(2,3)44(70)45(55)71)23-9-10-30-52(6)13-12-32(51(4,5)29(52)11-14-53(30,7)54(23,8)16-31(55)60)78-49-43(80-48-40(68)37(65)35(63)27(18-57)76-48)41(69)42(79-47-39(67)36(64)34(62)26(17-56)75-47)28(77-49)20-73-46-38(66)33(61)25(59)19-72-46/h9,24-49,56-57,59-71H,10-21H2,1-8H3/t24-,25+,26-,27-,28-,29+,30-,31-,32+,33+,34-,35-,36+,37+,38-,39-,40-,41+,42-,43-,44+,45+,46+,47+,48+,49+,52+,53-,54-,55+/m1/s1. The molecule has 4 saturated heterocycles. The summed E-state index contributed by atoms with van der Waals surface area (Å²) in [4.78, 5) is 12.3. The van der Waals surface area contributed by atoms with Crippen molar-refractivity contribution >= 4 is 5.97 Å². The van der Waals surface area contributed by atoms with Gasteiger partial charge < -0.3 is 119 Å². The number of carbonyl (C=O) groups excluding carboxylic acids is 1. The zero-order valence-electron chi connectivity index (χ0n) is 46.9. The number of esters is 1. The van der Waals surface area contributed by atoms with E-state index in [4.69, 9.17) is 42.6 Å². The molecular weight excluding hydrogens is 1060 g/mol. The van der Waals surface area contributed by atoms with Gasteiger partial charge in [-0.15, -0.1) is 0 Å². The molecule has 25 nitrogen and oxygen atoms in total. The highest BCUT2D eigenvalue weighted by molar-refractivity contribution is 5.66. The number of aliphatic hydroxyl groups excluding tert-OH is 15. The number of ether oxygens (including phenoxy) is 9. The Labute approximate surface area is 465 Å². The highest BCUT2D eigenvalue weighted by atomic mass is 16.8. The van der Waals surface area contributed by atoms with Gasteiger partial charge in [-0.05, 0) is 89.8 Å². The van der Waals surface area contributed by atoms with Crippen LogP contribution in [0.5, 0.6) is 0 Å². The lowest BCUT2D eigenvalue weighted by Gasteiger charge is -2.72. The summed E-state index contributed by atoms with van der Waals surface area (Å²) in [7, 11) is 0. The van der Waals surface area contributed by atoms with Crippen LogP contribution in [0, 0.1) is 50.2 Å². The van der Waals surface area contributed by atoms with E-state index >= 15 is 0 Å². The van der Waals surface area contributed by atoms with Gasteiger partial charge in [0.25, 0.3) is 0 Å². The summed E-state index contributed by atoms with van der Waals surface area (Å²) in [5.74, 6) is -0.969. The average molecular weight is 1150 g/mol. The minimum atomic E-state index is -1.99. The molecule has 0 aromatic carbocycles. The molecule has 30 atom stereocenters. The van der Waals surface area contributed by atoms with Gasteiger partial charge >= 0.3 is 5.97 Å². The lowest BCUT2D eigenvalue weighted by molar-refractivity contribution is -0.398. The Kier molecular flexibility index (Phi) is 17.9. The van der Waals surface area contributed by atoms with Gasteiger partial charge in [0.1, 0.15) is 98.2 Å². The molecule has 15 N–H and O–H groups in total. The molecule has 4 heterocycles. The van der Waals surface area contributed by atoms with E-state index in [1.807, 2.05) is 13.8 Å². The van der Waals surface area contributed by atoms with Crippen molar-refractivity contribution in [1.29, 1.82) is 0 Å². The number of allylic oxidation sites excluding steroid dienone is 2. The zero-order chi connectivity index (χ0) is 58.7. The maximum absolute atomic E-state index is 12.6. The first-order valence-electron chi connectivity index (χ1n) is 28.4. The van der Waals surface area contributed by atoms with Crippen LogP contribution >= 0.6 is 0 Å². The van der Waals surface area contributed by atoms with Crippen LogP contribution in [0.1, 0.15) is 100 Å². The van der Waals surface area contributed by atoms with Crippen molar-refractivity contribution in [2.24, 2.45) is 50.2 Å². The van der Waals surface area contributed by atoms with E-state index < -0.39 is 207 Å². The molecule has 4 aliphatic heterocycles. The van der Waals surface area contributed by atoms with Gasteiger partial charge in [0, 0.05) is 6.92 Å². The van der Waals surface area contributed by atoms with Crippen LogP contribution in [0.4, 0.5) is 0 Å². The van der Waals surface area contributed by atoms with E-state index in [1.54, 1.807) is 0 Å². The highest BCUT2D eigenvalue weighted by Gasteiger charge is 2.73. The SMILES string of the molecule is CC(=O)OC[C@@]12[C@H](O)C[C@]3(C)C(=CC[C@@H]4[C@@]5(C)CC[C@H](O[C@@H]6O[C@H](CO[C@@H]7OC[C@H](O)[C@H](O)[C@H]7O)[C@@H](O[C@@H]7O[C@H](CO)[C@@H](O)[C@H](O)[C@H]7O)[C@H](O)[C@H]6O[C@@H]6O[C@H](CO)[C@@H](O)[C@H](O)[C@H]6O)C(C)(C)[C@@H]5CC[C@]43C)[C@H]1CC(C)(C)[C@@H](O)[C@@H]2O. The maximum Gasteiger partial charge on any atom is 0.302 e. The Morgan fingerprint density at radius 3 is 1.77 bits per heavy atom. The second-order valence-corrected chi connectivity index (χ2v) is 26.7. The first kappa shape index (κ1) is 62.8. The fraction of sp³-hybridized carbons (Fsp3) is 0.945. The third-order valence-corrected chi connectivity index (χ3v) is 21.7. The molecule has 0 aromatic heterocycles. The van der Waals surface area contributed by atoms with E-state index in [2.05, 4.69) is 40.7 Å². The summed E-state index contributed by atoms with van der Waals surface area (Å²) in [5.41, 5.74) is -3.05. The van der Waals surface area contributed by atoms with Crippen molar-refractivity contribution in [3.8, 4) is 0 Å². The normalized spacial score (nSPS) is 53.8. The first-order chi connectivity index (χ1) is 37.4. The third-order valence-electron chi connectivity index (χ3n) is 21.7. The molecule has 0 spiro atoms. The van der Waals surface area contributed by atoms with Gasteiger partial charge in [-0.3, -0.25) is 4.79 Å². The van der Waals surface area contributed by atoms with Gasteiger partial charge in [0.2, 0.25) is 0 Å². The van der Waals surface area contributed by atoms with Crippen molar-refractivity contribution in [3.63, 3.8) is 0 Å². The number of hydrogen-bond acceptors (Lipinski definition) is 25. The summed E-state index contributed by atoms with van der Waals surface area (Å²) >= 11 is 0. The molecule has 25 heteroatoms. The molecule has 0 radical (unpaired) electrons. The van der Waals surface area contributed by atoms with Crippen LogP contribution in [0.25, 0.3) is 0 Å². The molecule has 4 saturated carbocycles. The van der Waals surface area contributed by atoms with Crippen LogP contribution in [-0.2, 0) is 47.4 Å². The topological polar surface area (TPSA) is 404 Å². The van der Waals surface area contributed by atoms with Gasteiger partial charge in [-0.2, -0.15) is 0 Å². The molecular formula is C55H90O25. The predicted molar refractivity (Wildman–Crippen MR) is 270 cm³/mol. The smallest absolute Gasteiger partial charge is 0.302 e. The van der Waals surface area contributed by atoms with Crippen molar-refractivity contribution in [1.82, 2.24) is 0 Å². The monoisotopic (exact) mass is 1150 g/mol. The molecule has 9 rings (SSSR count). The summed E-state index contributed by atoms with van der Waals surface area (Å²) in [6.45, 7) is 13.1. The number of aliphatic hydroxyl groups is 15. The van der Waals surface area contributed by atoms with Crippen LogP contribution in [0.15, 0.2) is 11.6 Å². The molecule has 80 heavy (non-hydrogen) atoms. The lowest BCUT2D eigenvalue weighted by atomic mass is 9.33. The quantitative estimate of drug-likeness (QED) is 0.0485. The predicted octanol–water partition coefficient (Wildman–Crippen LogP) is -3.44. The Morgan fingerprint density at radius 2 is 1.19 bits per heavy atom. The Hall–Kier alpha value is -1.71. The van der Waals surface area contributed by atoms with E-state index in [0.717, 1.165) is 5.57 Å². The number of rotatable bonds is 13. The largest absolute Gasteiger partial charge is 0.465 e. The summed E-state index contributed by atoms with van der Waals surface area (Å²) in [6, 6.07) is 0. The van der Waals surface area contributed by atoms with Gasteiger partial charge in [-0.25, -0.2) is 0 Å². The fourth-order valence-electron chi connectivity index (χ4n) is 16.7. The number of carbonyl (C=O) groups is 1. The molecule has 0 aromatic rings. The third kappa shape index (κ3) is 10.2. The van der Waals surface area contributed by atoms with Gasteiger partial charge in [0.05, 0.1) is 56.3 Å². The number of hydrogen-bond donors (Lipinski definition) is 15. The molecule has 0 amide bonds. The Bertz CT molecular complexity index is 2200. The van der Waals surface area contributed by atoms with E-state index in [-0.39, 0.29) is 30.3 Å². The van der Waals surface area contributed by atoms with Crippen LogP contribution in [-0.4, -0.2) is 257 Å². The zero-order valence-corrected chi connectivity index (χ0v) is 46.9. The number of fused-ring (bicyclic) bond motifs is 7. The average Bonchev–Trinajstić information content (AvgIpc) is 3.59. The Morgan fingerprint density at radius 1 is 0.613 bits per heavy atom. The van der Waals surface area contributed by atoms with Crippen LogP contribution < -0.4 is 0 Å². The maximum atomic E-state index is 12.6. The van der Waals surface area contributed by atoms with Crippen LogP contribution in [0.3, 0.4) is 0 Å². The summed E-state index contributed by atoms with van der Waals surface area (Å²) < 4.78 is 54.7. The second kappa shape index (κ2) is 22.9. The molecule has 0 unspecified atom stereocenters. The van der Waals surface area contributed by atoms with Gasteiger partial charge in [-0.1, -0.05) is 60.1 Å². The van der Waals surface area contributed by atoms with Crippen molar-refractivity contribution in [3.05, 3.63) is 11.6 Å². The molecule has 5 aliphatic carbocycles. The first-order valence-corrected chi connectivity index (χ1v) is 28.4. The summed E-state index contributed by atoms with van der Waals surface area (Å²) in [6.07, 6.45) is -31.6. The Balaban J connectivity index is 1.04. The van der Waals surface area contributed by atoms with Crippen LogP contribution in [0.2, 0.25) is 0 Å². The lowest BCUT2D eigenvalue weighted by Crippen LogP contribution is -2.72. The molecule has 0 bridgehead atoms.